The molecule has 35 heavy (non-hydrogen) atoms. The van der Waals surface area contributed by atoms with Crippen LogP contribution in [0, 0.1) is 24.1 Å². The van der Waals surface area contributed by atoms with Gasteiger partial charge in [0.2, 0.25) is 11.8 Å². The number of carbonyl (C=O) groups is 1. The van der Waals surface area contributed by atoms with E-state index < -0.39 is 5.82 Å². The Bertz CT molecular complexity index is 1250. The highest BCUT2D eigenvalue weighted by Gasteiger charge is 2.31. The maximum Gasteiger partial charge on any atom is 0.237 e. The summed E-state index contributed by atoms with van der Waals surface area (Å²) in [5, 5.41) is 9.02. The van der Waals surface area contributed by atoms with Crippen molar-refractivity contribution in [3.63, 3.8) is 0 Å². The van der Waals surface area contributed by atoms with E-state index in [2.05, 4.69) is 26.4 Å². The van der Waals surface area contributed by atoms with E-state index >= 15 is 0 Å². The second kappa shape index (κ2) is 10.9. The Labute approximate surface area is 203 Å². The largest absolute Gasteiger partial charge is 0.473 e. The van der Waals surface area contributed by atoms with Gasteiger partial charge in [0, 0.05) is 25.4 Å². The second-order valence-electron chi connectivity index (χ2n) is 8.42. The fourth-order valence-electron chi connectivity index (χ4n) is 4.17. The molecule has 0 spiro atoms. The summed E-state index contributed by atoms with van der Waals surface area (Å²) < 4.78 is 19.7. The summed E-state index contributed by atoms with van der Waals surface area (Å²) in [5.74, 6) is 0.711. The van der Waals surface area contributed by atoms with Crippen molar-refractivity contribution >= 4 is 5.91 Å². The van der Waals surface area contributed by atoms with Crippen molar-refractivity contribution < 1.29 is 13.9 Å². The van der Waals surface area contributed by atoms with Crippen molar-refractivity contribution in [2.75, 3.05) is 26.2 Å². The van der Waals surface area contributed by atoms with Crippen LogP contribution in [-0.4, -0.2) is 56.9 Å². The number of aromatic nitrogens is 3. The lowest BCUT2D eigenvalue weighted by Gasteiger charge is -2.38. The zero-order valence-corrected chi connectivity index (χ0v) is 19.6. The number of halogens is 1. The van der Waals surface area contributed by atoms with Gasteiger partial charge >= 0.3 is 0 Å². The van der Waals surface area contributed by atoms with Gasteiger partial charge in [-0.15, -0.1) is 0 Å². The highest BCUT2D eigenvalue weighted by atomic mass is 19.1. The Morgan fingerprint density at radius 3 is 2.89 bits per heavy atom. The fourth-order valence-corrected chi connectivity index (χ4v) is 4.17. The monoisotopic (exact) mass is 474 g/mol. The quantitative estimate of drug-likeness (QED) is 0.478. The van der Waals surface area contributed by atoms with Gasteiger partial charge < -0.3 is 14.6 Å². The van der Waals surface area contributed by atoms with Crippen LogP contribution in [0.2, 0.25) is 0 Å². The van der Waals surface area contributed by atoms with Gasteiger partial charge in [0.25, 0.3) is 0 Å². The van der Waals surface area contributed by atoms with E-state index in [1.54, 1.807) is 29.3 Å². The third kappa shape index (κ3) is 5.91. The number of nitrogens with zero attached hydrogens (tertiary/aromatic N) is 5. The van der Waals surface area contributed by atoms with Crippen LogP contribution in [0.25, 0.3) is 0 Å². The lowest BCUT2D eigenvalue weighted by atomic mass is 10.00. The van der Waals surface area contributed by atoms with Crippen LogP contribution in [-0.2, 0) is 17.8 Å². The molecule has 1 aromatic carbocycles. The van der Waals surface area contributed by atoms with Crippen LogP contribution in [0.4, 0.5) is 4.39 Å². The number of carbonyl (C=O) groups excluding carboxylic acids is 1. The number of aromatic amines is 1. The number of nitriles is 1. The number of benzene rings is 1. The van der Waals surface area contributed by atoms with E-state index in [4.69, 9.17) is 10.00 Å². The van der Waals surface area contributed by atoms with E-state index in [1.807, 2.05) is 25.1 Å². The van der Waals surface area contributed by atoms with E-state index in [0.29, 0.717) is 38.5 Å². The van der Waals surface area contributed by atoms with Crippen molar-refractivity contribution in [3.05, 3.63) is 89.4 Å². The lowest BCUT2D eigenvalue weighted by molar-refractivity contribution is -0.137. The molecule has 0 radical (unpaired) electrons. The van der Waals surface area contributed by atoms with Crippen LogP contribution in [0.15, 0.2) is 55.3 Å². The van der Waals surface area contributed by atoms with Crippen LogP contribution >= 0.6 is 0 Å². The first-order valence-electron chi connectivity index (χ1n) is 11.4. The van der Waals surface area contributed by atoms with Gasteiger partial charge in [-0.05, 0) is 37.1 Å². The average molecular weight is 475 g/mol. The molecule has 3 heterocycles. The van der Waals surface area contributed by atoms with E-state index in [9.17, 15) is 9.18 Å². The average Bonchev–Trinajstić information content (AvgIpc) is 3.29. The summed E-state index contributed by atoms with van der Waals surface area (Å²) in [5.41, 5.74) is 2.37. The highest BCUT2D eigenvalue weighted by molar-refractivity contribution is 5.79. The molecule has 1 aliphatic heterocycles. The minimum atomic E-state index is -0.544. The molecule has 0 aliphatic carbocycles. The molecule has 9 heteroatoms. The van der Waals surface area contributed by atoms with Crippen LogP contribution in [0.5, 0.6) is 5.88 Å². The Kier molecular flexibility index (Phi) is 7.53. The zero-order chi connectivity index (χ0) is 24.8. The molecule has 180 valence electrons. The number of imidazole rings is 1. The number of nitrogens with one attached hydrogen (secondary N) is 1. The van der Waals surface area contributed by atoms with E-state index in [0.717, 1.165) is 22.8 Å². The molecular weight excluding hydrogens is 447 g/mol. The SMILES string of the molecule is C=CCOc1cccc(CN2CCN(C(Cc3ccc(C#N)c(F)c3)c3cnc(C)[nH]3)CC2=O)n1. The van der Waals surface area contributed by atoms with Gasteiger partial charge in [-0.1, -0.05) is 24.8 Å². The first-order valence-corrected chi connectivity index (χ1v) is 11.4. The summed E-state index contributed by atoms with van der Waals surface area (Å²) >= 11 is 0. The lowest BCUT2D eigenvalue weighted by Crippen LogP contribution is -2.51. The van der Waals surface area contributed by atoms with Gasteiger partial charge in [-0.2, -0.15) is 5.26 Å². The van der Waals surface area contributed by atoms with Gasteiger partial charge in [-0.3, -0.25) is 9.69 Å². The zero-order valence-electron chi connectivity index (χ0n) is 19.6. The minimum absolute atomic E-state index is 0.0114. The molecule has 0 saturated carbocycles. The number of rotatable bonds is 9. The van der Waals surface area contributed by atoms with E-state index in [1.165, 1.54) is 12.1 Å². The first kappa shape index (κ1) is 24.1. The molecule has 1 amide bonds. The van der Waals surface area contributed by atoms with Crippen LogP contribution in [0.1, 0.15) is 34.4 Å². The molecular formula is C26H27FN6O2. The van der Waals surface area contributed by atoms with Gasteiger partial charge in [0.15, 0.2) is 0 Å². The molecule has 2 aromatic heterocycles. The summed E-state index contributed by atoms with van der Waals surface area (Å²) in [4.78, 5) is 29.0. The van der Waals surface area contributed by atoms with Crippen molar-refractivity contribution in [3.8, 4) is 11.9 Å². The normalized spacial score (nSPS) is 15.0. The molecule has 3 aromatic rings. The van der Waals surface area contributed by atoms with Crippen molar-refractivity contribution in [2.45, 2.75) is 25.9 Å². The molecule has 1 fully saturated rings. The molecule has 1 saturated heterocycles. The number of hydrogen-bond donors (Lipinski definition) is 1. The standard InChI is InChI=1S/C26H27FN6O2/c1-3-11-35-25-6-4-5-21(31-25)16-33-10-9-32(17-26(33)34)24(23-15-29-18(2)30-23)13-19-7-8-20(14-28)22(27)12-19/h3-8,12,15,24H,1,9-11,13,16-17H2,2H3,(H,29,30). The van der Waals surface area contributed by atoms with Gasteiger partial charge in [0.05, 0.1) is 36.1 Å². The predicted molar refractivity (Wildman–Crippen MR) is 128 cm³/mol. The van der Waals surface area contributed by atoms with E-state index in [-0.39, 0.29) is 24.1 Å². The second-order valence-corrected chi connectivity index (χ2v) is 8.42. The van der Waals surface area contributed by atoms with Crippen molar-refractivity contribution in [1.82, 2.24) is 24.8 Å². The number of hydrogen-bond acceptors (Lipinski definition) is 6. The number of piperazine rings is 1. The van der Waals surface area contributed by atoms with Crippen molar-refractivity contribution in [1.29, 1.82) is 5.26 Å². The van der Waals surface area contributed by atoms with Crippen molar-refractivity contribution in [2.24, 2.45) is 0 Å². The Hall–Kier alpha value is -4.03. The summed E-state index contributed by atoms with van der Waals surface area (Å²) in [6, 6.07) is 11.8. The topological polar surface area (TPSA) is 98.1 Å². The molecule has 0 bridgehead atoms. The number of pyridine rings is 1. The Balaban J connectivity index is 1.47. The van der Waals surface area contributed by atoms with Gasteiger partial charge in [0.1, 0.15) is 24.3 Å². The van der Waals surface area contributed by atoms with Crippen LogP contribution in [0.3, 0.4) is 0 Å². The summed E-state index contributed by atoms with van der Waals surface area (Å²) in [7, 11) is 0. The minimum Gasteiger partial charge on any atom is -0.473 e. The third-order valence-corrected chi connectivity index (χ3v) is 5.94. The van der Waals surface area contributed by atoms with Crippen LogP contribution < -0.4 is 4.74 Å². The summed E-state index contributed by atoms with van der Waals surface area (Å²) in [6.45, 7) is 7.65. The Morgan fingerprint density at radius 1 is 1.34 bits per heavy atom. The predicted octanol–water partition coefficient (Wildman–Crippen LogP) is 3.32. The molecule has 1 unspecified atom stereocenters. The molecule has 1 N–H and O–H groups in total. The molecule has 8 nitrogen and oxygen atoms in total. The number of aryl methyl sites for hydroxylation is 1. The maximum atomic E-state index is 14.2. The first-order chi connectivity index (χ1) is 17.0. The number of amides is 1. The molecule has 1 atom stereocenters. The smallest absolute Gasteiger partial charge is 0.237 e. The number of ether oxygens (including phenoxy) is 1. The third-order valence-electron chi connectivity index (χ3n) is 5.94. The maximum absolute atomic E-state index is 14.2. The molecule has 1 aliphatic rings. The number of H-pyrrole nitrogens is 1. The summed E-state index contributed by atoms with van der Waals surface area (Å²) in [6.07, 6.45) is 3.89. The highest BCUT2D eigenvalue weighted by Crippen LogP contribution is 2.27. The molecule has 4 rings (SSSR count). The van der Waals surface area contributed by atoms with Gasteiger partial charge in [-0.25, -0.2) is 14.4 Å². The fraction of sp³-hybridized carbons (Fsp3) is 0.308. The Morgan fingerprint density at radius 2 is 2.20 bits per heavy atom.